The molecule has 0 unspecified atom stereocenters. The Morgan fingerprint density at radius 2 is 1.46 bits per heavy atom. The molecule has 28 heavy (non-hydrogen) atoms. The third kappa shape index (κ3) is 3.91. The second kappa shape index (κ2) is 7.75. The average Bonchev–Trinajstić information content (AvgIpc) is 3.16. The van der Waals surface area contributed by atoms with Gasteiger partial charge in [0, 0.05) is 16.8 Å². The maximum atomic E-state index is 12.3. The summed E-state index contributed by atoms with van der Waals surface area (Å²) in [6.45, 7) is 0.306. The van der Waals surface area contributed by atoms with Gasteiger partial charge in [0.25, 0.3) is 11.8 Å². The molecule has 0 aliphatic heterocycles. The van der Waals surface area contributed by atoms with Crippen molar-refractivity contribution in [2.75, 3.05) is 5.32 Å². The molecule has 0 bridgehead atoms. The Kier molecular flexibility index (Phi) is 4.84. The molecule has 0 fully saturated rings. The number of H-pyrrole nitrogens is 1. The van der Waals surface area contributed by atoms with E-state index in [4.69, 9.17) is 0 Å². The van der Waals surface area contributed by atoms with Gasteiger partial charge in [0.2, 0.25) is 0 Å². The number of nitrogens with one attached hydrogen (secondary N) is 3. The van der Waals surface area contributed by atoms with E-state index < -0.39 is 0 Å². The van der Waals surface area contributed by atoms with Crippen molar-refractivity contribution in [2.45, 2.75) is 6.54 Å². The number of imidazole rings is 1. The molecule has 0 spiro atoms. The molecule has 0 aliphatic rings. The molecule has 138 valence electrons. The first-order valence-corrected chi connectivity index (χ1v) is 8.87. The number of aromatic nitrogens is 2. The third-order valence-electron chi connectivity index (χ3n) is 4.30. The number of aromatic amines is 1. The van der Waals surface area contributed by atoms with Gasteiger partial charge in [0.15, 0.2) is 0 Å². The summed E-state index contributed by atoms with van der Waals surface area (Å²) in [5.74, 6) is 0.297. The van der Waals surface area contributed by atoms with Gasteiger partial charge in [-0.2, -0.15) is 0 Å². The molecule has 0 saturated carbocycles. The lowest BCUT2D eigenvalue weighted by Gasteiger charge is -2.07. The zero-order chi connectivity index (χ0) is 19.3. The summed E-state index contributed by atoms with van der Waals surface area (Å²) in [7, 11) is 0. The average molecular weight is 370 g/mol. The van der Waals surface area contributed by atoms with Crippen molar-refractivity contribution in [1.82, 2.24) is 15.3 Å². The molecule has 0 atom stereocenters. The minimum Gasteiger partial charge on any atom is -0.345 e. The van der Waals surface area contributed by atoms with E-state index in [9.17, 15) is 9.59 Å². The first-order chi connectivity index (χ1) is 13.7. The first kappa shape index (κ1) is 17.5. The molecule has 6 heteroatoms. The number of benzene rings is 3. The Labute approximate surface area is 161 Å². The molecule has 4 rings (SSSR count). The molecule has 1 heterocycles. The van der Waals surface area contributed by atoms with Crippen LogP contribution in [0.5, 0.6) is 0 Å². The number of carbonyl (C=O) groups is 2. The Morgan fingerprint density at radius 1 is 0.786 bits per heavy atom. The fraction of sp³-hybridized carbons (Fsp3) is 0.0455. The minimum absolute atomic E-state index is 0.192. The predicted molar refractivity (Wildman–Crippen MR) is 108 cm³/mol. The van der Waals surface area contributed by atoms with Crippen LogP contribution in [0.15, 0.2) is 78.9 Å². The number of rotatable bonds is 5. The Hall–Kier alpha value is -3.93. The second-order valence-electron chi connectivity index (χ2n) is 6.28. The normalized spacial score (nSPS) is 10.6. The van der Waals surface area contributed by atoms with Crippen LogP contribution in [0.2, 0.25) is 0 Å². The van der Waals surface area contributed by atoms with E-state index in [-0.39, 0.29) is 11.8 Å². The largest absolute Gasteiger partial charge is 0.345 e. The van der Waals surface area contributed by atoms with Crippen LogP contribution >= 0.6 is 0 Å². The molecular weight excluding hydrogens is 352 g/mol. The topological polar surface area (TPSA) is 86.9 Å². The van der Waals surface area contributed by atoms with Crippen LogP contribution in [-0.4, -0.2) is 21.8 Å². The third-order valence-corrected chi connectivity index (χ3v) is 4.30. The summed E-state index contributed by atoms with van der Waals surface area (Å²) in [5, 5.41) is 5.65. The SMILES string of the molecule is O=C(NCc1nc2ccccc2[nH]1)c1ccc(NC(=O)c2ccccc2)cc1. The highest BCUT2D eigenvalue weighted by Crippen LogP contribution is 2.13. The summed E-state index contributed by atoms with van der Waals surface area (Å²) in [5.41, 5.74) is 3.52. The van der Waals surface area contributed by atoms with Gasteiger partial charge in [-0.1, -0.05) is 30.3 Å². The number of fused-ring (bicyclic) bond motifs is 1. The second-order valence-corrected chi connectivity index (χ2v) is 6.28. The number of nitrogens with zero attached hydrogens (tertiary/aromatic N) is 1. The number of amides is 2. The molecule has 4 aromatic rings. The monoisotopic (exact) mass is 370 g/mol. The highest BCUT2D eigenvalue weighted by atomic mass is 16.2. The van der Waals surface area contributed by atoms with Crippen molar-refractivity contribution in [3.63, 3.8) is 0 Å². The van der Waals surface area contributed by atoms with Gasteiger partial charge in [0.05, 0.1) is 17.6 Å². The molecule has 0 radical (unpaired) electrons. The zero-order valence-electron chi connectivity index (χ0n) is 15.0. The van der Waals surface area contributed by atoms with Crippen molar-refractivity contribution in [3.05, 3.63) is 95.8 Å². The predicted octanol–water partition coefficient (Wildman–Crippen LogP) is 3.75. The summed E-state index contributed by atoms with van der Waals surface area (Å²) in [6, 6.07) is 23.4. The van der Waals surface area contributed by atoms with Crippen molar-refractivity contribution in [2.24, 2.45) is 0 Å². The Morgan fingerprint density at radius 3 is 2.21 bits per heavy atom. The zero-order valence-corrected chi connectivity index (χ0v) is 15.0. The fourth-order valence-corrected chi connectivity index (χ4v) is 2.85. The molecule has 0 saturated heterocycles. The molecule has 0 aliphatic carbocycles. The number of hydrogen-bond acceptors (Lipinski definition) is 3. The van der Waals surface area contributed by atoms with Crippen molar-refractivity contribution < 1.29 is 9.59 Å². The van der Waals surface area contributed by atoms with Crippen LogP contribution in [0, 0.1) is 0 Å². The van der Waals surface area contributed by atoms with Gasteiger partial charge in [-0.25, -0.2) is 4.98 Å². The van der Waals surface area contributed by atoms with Gasteiger partial charge >= 0.3 is 0 Å². The molecule has 3 aromatic carbocycles. The van der Waals surface area contributed by atoms with Gasteiger partial charge in [-0.15, -0.1) is 0 Å². The van der Waals surface area contributed by atoms with E-state index >= 15 is 0 Å². The minimum atomic E-state index is -0.207. The van der Waals surface area contributed by atoms with Gasteiger partial charge in [0.1, 0.15) is 5.82 Å². The van der Waals surface area contributed by atoms with Crippen LogP contribution in [0.3, 0.4) is 0 Å². The lowest BCUT2D eigenvalue weighted by molar-refractivity contribution is 0.0949. The maximum Gasteiger partial charge on any atom is 0.255 e. The Balaban J connectivity index is 1.36. The van der Waals surface area contributed by atoms with Crippen molar-refractivity contribution in [3.8, 4) is 0 Å². The Bertz CT molecular complexity index is 1090. The summed E-state index contributed by atoms with van der Waals surface area (Å²) in [6.07, 6.45) is 0. The van der Waals surface area contributed by atoms with E-state index in [1.54, 1.807) is 36.4 Å². The number of hydrogen-bond donors (Lipinski definition) is 3. The lowest BCUT2D eigenvalue weighted by Crippen LogP contribution is -2.23. The smallest absolute Gasteiger partial charge is 0.255 e. The lowest BCUT2D eigenvalue weighted by atomic mass is 10.1. The molecule has 2 amide bonds. The quantitative estimate of drug-likeness (QED) is 0.500. The van der Waals surface area contributed by atoms with E-state index in [0.29, 0.717) is 29.2 Å². The first-order valence-electron chi connectivity index (χ1n) is 8.87. The van der Waals surface area contributed by atoms with E-state index in [1.807, 2.05) is 42.5 Å². The molecule has 3 N–H and O–H groups in total. The van der Waals surface area contributed by atoms with Crippen LogP contribution < -0.4 is 10.6 Å². The fourth-order valence-electron chi connectivity index (χ4n) is 2.85. The standard InChI is InChI=1S/C22H18N4O2/c27-21(23-14-20-25-18-8-4-5-9-19(18)26-20)16-10-12-17(13-11-16)24-22(28)15-6-2-1-3-7-15/h1-13H,14H2,(H,23,27)(H,24,28)(H,25,26). The number of carbonyl (C=O) groups excluding carboxylic acids is 2. The van der Waals surface area contributed by atoms with E-state index in [2.05, 4.69) is 20.6 Å². The highest BCUT2D eigenvalue weighted by Gasteiger charge is 2.09. The molecular formula is C22H18N4O2. The van der Waals surface area contributed by atoms with Gasteiger partial charge < -0.3 is 15.6 Å². The van der Waals surface area contributed by atoms with Crippen molar-refractivity contribution >= 4 is 28.5 Å². The van der Waals surface area contributed by atoms with Gasteiger partial charge in [-0.3, -0.25) is 9.59 Å². The molecule has 6 nitrogen and oxygen atoms in total. The van der Waals surface area contributed by atoms with E-state index in [0.717, 1.165) is 11.0 Å². The number of anilines is 1. The summed E-state index contributed by atoms with van der Waals surface area (Å²) in [4.78, 5) is 32.1. The van der Waals surface area contributed by atoms with Crippen LogP contribution in [0.4, 0.5) is 5.69 Å². The molecule has 1 aromatic heterocycles. The van der Waals surface area contributed by atoms with Crippen molar-refractivity contribution in [1.29, 1.82) is 0 Å². The highest BCUT2D eigenvalue weighted by molar-refractivity contribution is 6.04. The maximum absolute atomic E-state index is 12.3. The van der Waals surface area contributed by atoms with E-state index in [1.165, 1.54) is 0 Å². The van der Waals surface area contributed by atoms with Crippen LogP contribution in [0.25, 0.3) is 11.0 Å². The van der Waals surface area contributed by atoms with Gasteiger partial charge in [-0.05, 0) is 48.5 Å². The summed E-state index contributed by atoms with van der Waals surface area (Å²) < 4.78 is 0. The van der Waals surface area contributed by atoms with Crippen LogP contribution in [-0.2, 0) is 6.54 Å². The number of para-hydroxylation sites is 2. The van der Waals surface area contributed by atoms with Crippen LogP contribution in [0.1, 0.15) is 26.5 Å². The summed E-state index contributed by atoms with van der Waals surface area (Å²) >= 11 is 0.